The highest BCUT2D eigenvalue weighted by molar-refractivity contribution is 9.10. The predicted octanol–water partition coefficient (Wildman–Crippen LogP) is 3.44. The smallest absolute Gasteiger partial charge is 0.262 e. The number of nitrogens with one attached hydrogen (secondary N) is 1. The molecule has 0 saturated carbocycles. The summed E-state index contributed by atoms with van der Waals surface area (Å²) in [5, 5.41) is 12.1. The van der Waals surface area contributed by atoms with Gasteiger partial charge in [-0.3, -0.25) is 4.79 Å². The normalized spacial score (nSPS) is 10.3. The SMILES string of the molecule is Cc1cc(N)c(NC(=O)c2c(O)cccc2F)c(Br)c1. The first-order valence-electron chi connectivity index (χ1n) is 5.74. The van der Waals surface area contributed by atoms with Crippen LogP contribution in [-0.4, -0.2) is 11.0 Å². The minimum Gasteiger partial charge on any atom is -0.507 e. The molecule has 0 unspecified atom stereocenters. The van der Waals surface area contributed by atoms with Crippen LogP contribution in [0.25, 0.3) is 0 Å². The average molecular weight is 339 g/mol. The average Bonchev–Trinajstić information content (AvgIpc) is 2.33. The lowest BCUT2D eigenvalue weighted by atomic mass is 10.1. The van der Waals surface area contributed by atoms with E-state index >= 15 is 0 Å². The number of hydrogen-bond acceptors (Lipinski definition) is 3. The summed E-state index contributed by atoms with van der Waals surface area (Å²) in [5.74, 6) is -1.99. The predicted molar refractivity (Wildman–Crippen MR) is 79.3 cm³/mol. The number of nitrogen functional groups attached to an aromatic ring is 1. The molecule has 0 aliphatic carbocycles. The number of nitrogens with two attached hydrogens (primary N) is 1. The summed E-state index contributed by atoms with van der Waals surface area (Å²) in [7, 11) is 0. The molecular formula is C14H12BrFN2O2. The number of anilines is 2. The summed E-state index contributed by atoms with van der Waals surface area (Å²) in [6.45, 7) is 1.86. The van der Waals surface area contributed by atoms with Crippen molar-refractivity contribution in [2.75, 3.05) is 11.1 Å². The third-order valence-electron chi connectivity index (χ3n) is 2.72. The van der Waals surface area contributed by atoms with Gasteiger partial charge < -0.3 is 16.2 Å². The Balaban J connectivity index is 2.38. The number of carbonyl (C=O) groups excluding carboxylic acids is 1. The highest BCUT2D eigenvalue weighted by atomic mass is 79.9. The van der Waals surface area contributed by atoms with Gasteiger partial charge in [0.1, 0.15) is 17.1 Å². The van der Waals surface area contributed by atoms with Crippen LogP contribution in [-0.2, 0) is 0 Å². The van der Waals surface area contributed by atoms with Crippen molar-refractivity contribution < 1.29 is 14.3 Å². The standard InChI is InChI=1S/C14H12BrFN2O2/c1-7-5-8(15)13(10(17)6-7)18-14(20)12-9(16)3-2-4-11(12)19/h2-6,19H,17H2,1H3,(H,18,20). The van der Waals surface area contributed by atoms with Crippen LogP contribution in [0.4, 0.5) is 15.8 Å². The highest BCUT2D eigenvalue weighted by Crippen LogP contribution is 2.31. The van der Waals surface area contributed by atoms with Gasteiger partial charge >= 0.3 is 0 Å². The molecule has 104 valence electrons. The van der Waals surface area contributed by atoms with Crippen LogP contribution in [0.2, 0.25) is 0 Å². The maximum absolute atomic E-state index is 13.6. The van der Waals surface area contributed by atoms with Crippen molar-refractivity contribution >= 4 is 33.2 Å². The number of carbonyl (C=O) groups is 1. The Kier molecular flexibility index (Phi) is 3.94. The second kappa shape index (κ2) is 5.50. The van der Waals surface area contributed by atoms with Gasteiger partial charge in [0.2, 0.25) is 0 Å². The molecule has 2 aromatic rings. The molecule has 0 aromatic heterocycles. The van der Waals surface area contributed by atoms with Crippen LogP contribution in [0.3, 0.4) is 0 Å². The van der Waals surface area contributed by atoms with E-state index in [-0.39, 0.29) is 0 Å². The highest BCUT2D eigenvalue weighted by Gasteiger charge is 2.18. The third-order valence-corrected chi connectivity index (χ3v) is 3.35. The number of aromatic hydroxyl groups is 1. The molecule has 4 nitrogen and oxygen atoms in total. The Morgan fingerprint density at radius 1 is 1.40 bits per heavy atom. The van der Waals surface area contributed by atoms with Gasteiger partial charge in [0.05, 0.1) is 11.4 Å². The van der Waals surface area contributed by atoms with Crippen LogP contribution in [0.1, 0.15) is 15.9 Å². The van der Waals surface area contributed by atoms with E-state index < -0.39 is 23.0 Å². The third kappa shape index (κ3) is 2.75. The van der Waals surface area contributed by atoms with E-state index in [1.807, 2.05) is 6.92 Å². The van der Waals surface area contributed by atoms with Crippen LogP contribution >= 0.6 is 15.9 Å². The van der Waals surface area contributed by atoms with Gasteiger partial charge in [0, 0.05) is 4.47 Å². The molecule has 1 amide bonds. The monoisotopic (exact) mass is 338 g/mol. The van der Waals surface area contributed by atoms with Gasteiger partial charge in [0.25, 0.3) is 5.91 Å². The minimum atomic E-state index is -0.802. The van der Waals surface area contributed by atoms with Crippen molar-refractivity contribution in [3.8, 4) is 5.75 Å². The molecule has 0 atom stereocenters. The Morgan fingerprint density at radius 3 is 2.70 bits per heavy atom. The molecule has 20 heavy (non-hydrogen) atoms. The maximum atomic E-state index is 13.6. The summed E-state index contributed by atoms with van der Waals surface area (Å²) >= 11 is 3.29. The first kappa shape index (κ1) is 14.3. The van der Waals surface area contributed by atoms with Crippen LogP contribution in [0.5, 0.6) is 5.75 Å². The summed E-state index contributed by atoms with van der Waals surface area (Å²) in [6, 6.07) is 7.11. The minimum absolute atomic E-state index is 0.336. The largest absolute Gasteiger partial charge is 0.507 e. The van der Waals surface area contributed by atoms with Crippen LogP contribution < -0.4 is 11.1 Å². The van der Waals surface area contributed by atoms with E-state index in [4.69, 9.17) is 5.73 Å². The molecule has 0 bridgehead atoms. The van der Waals surface area contributed by atoms with Crippen molar-refractivity contribution in [1.82, 2.24) is 0 Å². The number of amides is 1. The molecule has 0 aliphatic rings. The van der Waals surface area contributed by atoms with Crippen molar-refractivity contribution in [3.05, 3.63) is 51.7 Å². The fourth-order valence-corrected chi connectivity index (χ4v) is 2.50. The lowest BCUT2D eigenvalue weighted by Gasteiger charge is -2.12. The van der Waals surface area contributed by atoms with E-state index in [1.54, 1.807) is 12.1 Å². The van der Waals surface area contributed by atoms with E-state index in [1.165, 1.54) is 12.1 Å². The van der Waals surface area contributed by atoms with Gasteiger partial charge in [-0.15, -0.1) is 0 Å². The Bertz CT molecular complexity index is 646. The molecule has 0 radical (unpaired) electrons. The fourth-order valence-electron chi connectivity index (χ4n) is 1.81. The summed E-state index contributed by atoms with van der Waals surface area (Å²) in [5.41, 5.74) is 7.01. The molecule has 4 N–H and O–H groups in total. The molecule has 2 aromatic carbocycles. The van der Waals surface area contributed by atoms with E-state index in [2.05, 4.69) is 21.2 Å². The van der Waals surface area contributed by atoms with Crippen LogP contribution in [0, 0.1) is 12.7 Å². The number of phenolic OH excluding ortho intramolecular Hbond substituents is 1. The molecular weight excluding hydrogens is 327 g/mol. The molecule has 0 aliphatic heterocycles. The fraction of sp³-hybridized carbons (Fsp3) is 0.0714. The topological polar surface area (TPSA) is 75.3 Å². The number of phenols is 1. The number of benzene rings is 2. The van der Waals surface area contributed by atoms with Crippen molar-refractivity contribution in [2.45, 2.75) is 6.92 Å². The van der Waals surface area contributed by atoms with Crippen molar-refractivity contribution in [1.29, 1.82) is 0 Å². The lowest BCUT2D eigenvalue weighted by Crippen LogP contribution is -2.15. The second-order valence-electron chi connectivity index (χ2n) is 4.30. The molecule has 0 spiro atoms. The molecule has 0 heterocycles. The van der Waals surface area contributed by atoms with E-state index in [0.29, 0.717) is 15.8 Å². The Labute approximate surface area is 123 Å². The van der Waals surface area contributed by atoms with Gasteiger partial charge in [0.15, 0.2) is 0 Å². The number of rotatable bonds is 2. The summed E-state index contributed by atoms with van der Waals surface area (Å²) in [6.07, 6.45) is 0. The zero-order valence-electron chi connectivity index (χ0n) is 10.6. The first-order valence-corrected chi connectivity index (χ1v) is 6.54. The van der Waals surface area contributed by atoms with Gasteiger partial charge in [-0.2, -0.15) is 0 Å². The zero-order valence-corrected chi connectivity index (χ0v) is 12.2. The van der Waals surface area contributed by atoms with Gasteiger partial charge in [-0.1, -0.05) is 6.07 Å². The number of halogens is 2. The molecule has 2 rings (SSSR count). The Hall–Kier alpha value is -2.08. The number of hydrogen-bond donors (Lipinski definition) is 3. The molecule has 0 saturated heterocycles. The Morgan fingerprint density at radius 2 is 2.10 bits per heavy atom. The zero-order chi connectivity index (χ0) is 14.9. The summed E-state index contributed by atoms with van der Waals surface area (Å²) < 4.78 is 14.2. The lowest BCUT2D eigenvalue weighted by molar-refractivity contribution is 0.102. The summed E-state index contributed by atoms with van der Waals surface area (Å²) in [4.78, 5) is 12.1. The van der Waals surface area contributed by atoms with Gasteiger partial charge in [-0.25, -0.2) is 4.39 Å². The maximum Gasteiger partial charge on any atom is 0.262 e. The molecule has 6 heteroatoms. The van der Waals surface area contributed by atoms with Gasteiger partial charge in [-0.05, 0) is 52.7 Å². The van der Waals surface area contributed by atoms with E-state index in [0.717, 1.165) is 11.6 Å². The van der Waals surface area contributed by atoms with E-state index in [9.17, 15) is 14.3 Å². The van der Waals surface area contributed by atoms with Crippen molar-refractivity contribution in [3.63, 3.8) is 0 Å². The quantitative estimate of drug-likeness (QED) is 0.734. The van der Waals surface area contributed by atoms with Crippen LogP contribution in [0.15, 0.2) is 34.8 Å². The first-order chi connectivity index (χ1) is 9.40. The van der Waals surface area contributed by atoms with Crippen molar-refractivity contribution in [2.24, 2.45) is 0 Å². The number of aryl methyl sites for hydroxylation is 1. The second-order valence-corrected chi connectivity index (χ2v) is 5.15. The molecule has 0 fully saturated rings.